The van der Waals surface area contributed by atoms with Gasteiger partial charge in [0.05, 0.1) is 0 Å². The third-order valence-electron chi connectivity index (χ3n) is 10.3. The normalized spacial score (nSPS) is 14.6. The number of hydrogen-bond acceptors (Lipinski definition) is 5. The summed E-state index contributed by atoms with van der Waals surface area (Å²) in [4.78, 5) is 18.0. The lowest BCUT2D eigenvalue weighted by Gasteiger charge is -2.43. The maximum Gasteiger partial charge on any atom is 0.164 e. The molecule has 6 aromatic carbocycles. The molecule has 2 heterocycles. The van der Waals surface area contributed by atoms with Crippen LogP contribution in [0.3, 0.4) is 0 Å². The van der Waals surface area contributed by atoms with Crippen LogP contribution in [0.15, 0.2) is 155 Å². The highest BCUT2D eigenvalue weighted by molar-refractivity contribution is 7.99. The number of anilines is 1. The fourth-order valence-electron chi connectivity index (χ4n) is 7.79. The summed E-state index contributed by atoms with van der Waals surface area (Å²) >= 11 is 1.88. The highest BCUT2D eigenvalue weighted by Gasteiger charge is 2.41. The van der Waals surface area contributed by atoms with Crippen molar-refractivity contribution in [2.75, 3.05) is 5.73 Å². The Morgan fingerprint density at radius 2 is 0.940 bits per heavy atom. The zero-order valence-electron chi connectivity index (χ0n) is 27.7. The first-order chi connectivity index (χ1) is 24.6. The van der Waals surface area contributed by atoms with Crippen molar-refractivity contribution in [2.45, 2.75) is 47.3 Å². The summed E-state index contributed by atoms with van der Waals surface area (Å²) in [6, 6.07) is 51.3. The third kappa shape index (κ3) is 5.58. The summed E-state index contributed by atoms with van der Waals surface area (Å²) in [5, 5.41) is 0. The van der Waals surface area contributed by atoms with Crippen LogP contribution in [0.2, 0.25) is 0 Å². The first-order valence-corrected chi connectivity index (χ1v) is 18.3. The van der Waals surface area contributed by atoms with Crippen molar-refractivity contribution in [3.63, 3.8) is 0 Å². The second kappa shape index (κ2) is 12.7. The van der Waals surface area contributed by atoms with Gasteiger partial charge in [0.25, 0.3) is 0 Å². The number of benzene rings is 6. The Kier molecular flexibility index (Phi) is 7.78. The van der Waals surface area contributed by atoms with E-state index in [1.165, 1.54) is 53.0 Å². The van der Waals surface area contributed by atoms with Crippen LogP contribution in [0, 0.1) is 0 Å². The van der Waals surface area contributed by atoms with Crippen LogP contribution in [-0.2, 0) is 5.41 Å². The lowest BCUT2D eigenvalue weighted by molar-refractivity contribution is 0.335. The number of nitrogen functional groups attached to an aromatic ring is 1. The molecule has 1 aliphatic heterocycles. The molecule has 0 unspecified atom stereocenters. The molecule has 0 bridgehead atoms. The van der Waals surface area contributed by atoms with E-state index in [2.05, 4.69) is 115 Å². The predicted octanol–water partition coefficient (Wildman–Crippen LogP) is 11.5. The van der Waals surface area contributed by atoms with E-state index in [1.54, 1.807) is 0 Å². The first kappa shape index (κ1) is 30.5. The van der Waals surface area contributed by atoms with Crippen LogP contribution in [0.1, 0.15) is 43.2 Å². The second-order valence-electron chi connectivity index (χ2n) is 13.4. The van der Waals surface area contributed by atoms with Crippen molar-refractivity contribution >= 4 is 17.4 Å². The molecule has 1 spiro atoms. The molecular weight excluding hydrogens is 629 g/mol. The summed E-state index contributed by atoms with van der Waals surface area (Å²) in [7, 11) is 0. The van der Waals surface area contributed by atoms with E-state index >= 15 is 0 Å². The van der Waals surface area contributed by atoms with Crippen LogP contribution in [0.4, 0.5) is 5.69 Å². The van der Waals surface area contributed by atoms with Gasteiger partial charge in [-0.1, -0.05) is 140 Å². The highest BCUT2D eigenvalue weighted by Crippen LogP contribution is 2.55. The second-order valence-corrected chi connectivity index (χ2v) is 14.5. The number of nitrogens with two attached hydrogens (primary N) is 1. The summed E-state index contributed by atoms with van der Waals surface area (Å²) < 4.78 is 0. The minimum atomic E-state index is 0.0824. The van der Waals surface area contributed by atoms with Crippen LogP contribution < -0.4 is 5.73 Å². The Balaban J connectivity index is 1.14. The smallest absolute Gasteiger partial charge is 0.164 e. The van der Waals surface area contributed by atoms with Gasteiger partial charge in [-0.3, -0.25) is 0 Å². The molecule has 242 valence electrons. The average Bonchev–Trinajstić information content (AvgIpc) is 3.19. The predicted molar refractivity (Wildman–Crippen MR) is 206 cm³/mol. The van der Waals surface area contributed by atoms with Crippen molar-refractivity contribution in [3.05, 3.63) is 157 Å². The fourth-order valence-corrected chi connectivity index (χ4v) is 9.11. The monoisotopic (exact) mass is 664 g/mol. The molecule has 9 rings (SSSR count). The van der Waals surface area contributed by atoms with Crippen LogP contribution in [0.5, 0.6) is 0 Å². The van der Waals surface area contributed by atoms with E-state index in [0.29, 0.717) is 17.5 Å². The Hall–Kier alpha value is -5.52. The summed E-state index contributed by atoms with van der Waals surface area (Å²) in [5.74, 6) is 2.01. The number of hydrogen-bond donors (Lipinski definition) is 1. The number of aromatic nitrogens is 3. The first-order valence-electron chi connectivity index (χ1n) is 17.4. The van der Waals surface area contributed by atoms with Gasteiger partial charge in [0.15, 0.2) is 17.5 Å². The van der Waals surface area contributed by atoms with Crippen molar-refractivity contribution < 1.29 is 0 Å². The van der Waals surface area contributed by atoms with Gasteiger partial charge in [0, 0.05) is 37.6 Å². The largest absolute Gasteiger partial charge is 0.399 e. The van der Waals surface area contributed by atoms with E-state index < -0.39 is 0 Å². The van der Waals surface area contributed by atoms with Crippen LogP contribution in [0.25, 0.3) is 56.4 Å². The molecule has 1 fully saturated rings. The molecule has 5 heteroatoms. The molecule has 4 nitrogen and oxygen atoms in total. The summed E-state index contributed by atoms with van der Waals surface area (Å²) in [6.07, 6.45) is 6.24. The summed E-state index contributed by atoms with van der Waals surface area (Å²) in [5.41, 5.74) is 17.2. The van der Waals surface area contributed by atoms with Gasteiger partial charge < -0.3 is 5.73 Å². The topological polar surface area (TPSA) is 64.7 Å². The maximum atomic E-state index is 5.95. The minimum absolute atomic E-state index is 0.0824. The van der Waals surface area contributed by atoms with Gasteiger partial charge in [0.1, 0.15) is 0 Å². The molecule has 50 heavy (non-hydrogen) atoms. The molecule has 2 aliphatic rings. The van der Waals surface area contributed by atoms with Crippen LogP contribution in [-0.4, -0.2) is 15.0 Å². The van der Waals surface area contributed by atoms with Crippen molar-refractivity contribution in [1.82, 2.24) is 15.0 Å². The molecule has 1 aliphatic carbocycles. The number of rotatable bonds is 5. The molecule has 0 radical (unpaired) electrons. The molecule has 1 aromatic heterocycles. The van der Waals surface area contributed by atoms with E-state index in [-0.39, 0.29) is 5.41 Å². The maximum absolute atomic E-state index is 5.95. The molecule has 7 aromatic rings. The highest BCUT2D eigenvalue weighted by atomic mass is 32.2. The molecule has 0 amide bonds. The third-order valence-corrected chi connectivity index (χ3v) is 11.4. The van der Waals surface area contributed by atoms with E-state index in [1.807, 2.05) is 42.1 Å². The Morgan fingerprint density at radius 3 is 1.66 bits per heavy atom. The standard InChI is InChI=1S/C45H36N4S/c46-37-22-19-30(20-23-37)32-13-9-14-33(27-32)34-15-10-16-35(28-34)43-47-42(31-11-3-1-4-12-31)48-44(49-43)36-21-24-39-41(29-36)50-40-18-6-5-17-38(40)45(39)25-7-2-8-26-45/h1,3-6,9-24,27-29H,2,7-8,25-26,46H2. The molecule has 0 atom stereocenters. The molecular formula is C45H36N4S. The van der Waals surface area contributed by atoms with Crippen molar-refractivity contribution in [1.29, 1.82) is 0 Å². The number of fused-ring (bicyclic) bond motifs is 4. The quantitative estimate of drug-likeness (QED) is 0.186. The molecule has 2 N–H and O–H groups in total. The lowest BCUT2D eigenvalue weighted by Crippen LogP contribution is -2.33. The van der Waals surface area contributed by atoms with Crippen molar-refractivity contribution in [3.8, 4) is 56.4 Å². The SMILES string of the molecule is Nc1ccc(-c2cccc(-c3cccc(-c4nc(-c5ccccc5)nc(-c5ccc6c(c5)Sc5ccccc5C65CCCCC5)n4)c3)c2)cc1. The molecule has 0 saturated heterocycles. The minimum Gasteiger partial charge on any atom is -0.399 e. The van der Waals surface area contributed by atoms with Gasteiger partial charge in [-0.05, 0) is 82.6 Å². The zero-order valence-corrected chi connectivity index (χ0v) is 28.5. The number of nitrogens with zero attached hydrogens (tertiary/aromatic N) is 3. The van der Waals surface area contributed by atoms with Crippen LogP contribution >= 0.6 is 11.8 Å². The van der Waals surface area contributed by atoms with Gasteiger partial charge in [0.2, 0.25) is 0 Å². The molecule has 1 saturated carbocycles. The lowest BCUT2D eigenvalue weighted by atomic mass is 9.65. The van der Waals surface area contributed by atoms with E-state index in [0.717, 1.165) is 44.6 Å². The van der Waals surface area contributed by atoms with E-state index in [4.69, 9.17) is 20.7 Å². The van der Waals surface area contributed by atoms with Gasteiger partial charge >= 0.3 is 0 Å². The Morgan fingerprint density at radius 1 is 0.420 bits per heavy atom. The Labute approximate surface area is 297 Å². The summed E-state index contributed by atoms with van der Waals surface area (Å²) in [6.45, 7) is 0. The van der Waals surface area contributed by atoms with Crippen molar-refractivity contribution in [2.24, 2.45) is 0 Å². The zero-order chi connectivity index (χ0) is 33.5. The fraction of sp³-hybridized carbons (Fsp3) is 0.133. The Bertz CT molecular complexity index is 2340. The van der Waals surface area contributed by atoms with Gasteiger partial charge in [-0.25, -0.2) is 15.0 Å². The average molecular weight is 665 g/mol. The van der Waals surface area contributed by atoms with E-state index in [9.17, 15) is 0 Å². The van der Waals surface area contributed by atoms with Gasteiger partial charge in [-0.15, -0.1) is 0 Å². The van der Waals surface area contributed by atoms with Gasteiger partial charge in [-0.2, -0.15) is 0 Å².